The molecule has 15 heavy (non-hydrogen) atoms. The molecule has 0 spiro atoms. The van der Waals surface area contributed by atoms with Crippen molar-refractivity contribution in [3.63, 3.8) is 0 Å². The fourth-order valence-corrected chi connectivity index (χ4v) is 1.42. The van der Waals surface area contributed by atoms with Crippen molar-refractivity contribution in [2.75, 3.05) is 0 Å². The van der Waals surface area contributed by atoms with Crippen molar-refractivity contribution in [3.05, 3.63) is 22.9 Å². The van der Waals surface area contributed by atoms with Crippen molar-refractivity contribution in [1.29, 1.82) is 0 Å². The second-order valence-corrected chi connectivity index (χ2v) is 3.59. The number of hydrogen-bond donors (Lipinski definition) is 3. The average Bonchev–Trinajstić information content (AvgIpc) is 2.18. The molecule has 5 nitrogen and oxygen atoms in total. The van der Waals surface area contributed by atoms with Gasteiger partial charge in [-0.2, -0.15) is 0 Å². The lowest BCUT2D eigenvalue weighted by Crippen LogP contribution is -2.34. The van der Waals surface area contributed by atoms with Crippen LogP contribution in [0.5, 0.6) is 0 Å². The summed E-state index contributed by atoms with van der Waals surface area (Å²) in [6.45, 7) is 0. The number of carbonyl (C=O) groups is 2. The lowest BCUT2D eigenvalue weighted by Gasteiger charge is -2.17. The lowest BCUT2D eigenvalue weighted by molar-refractivity contribution is -0.138. The Balaban J connectivity index is 2.73. The summed E-state index contributed by atoms with van der Waals surface area (Å²) in [6, 6.07) is -1.12. The Bertz CT molecular complexity index is 361. The number of carboxylic acid groups (broad SMARTS) is 1. The summed E-state index contributed by atoms with van der Waals surface area (Å²) in [7, 11) is 0. The van der Waals surface area contributed by atoms with Crippen molar-refractivity contribution in [2.24, 2.45) is 11.7 Å². The zero-order chi connectivity index (χ0) is 11.6. The minimum Gasteiger partial charge on any atom is -0.506 e. The molecule has 0 bridgehead atoms. The van der Waals surface area contributed by atoms with Gasteiger partial charge in [0.25, 0.3) is 0 Å². The van der Waals surface area contributed by atoms with Gasteiger partial charge in [0.1, 0.15) is 16.8 Å². The van der Waals surface area contributed by atoms with Crippen LogP contribution >= 0.6 is 11.6 Å². The quantitative estimate of drug-likeness (QED) is 0.659. The van der Waals surface area contributed by atoms with E-state index in [1.807, 2.05) is 0 Å². The molecule has 0 fully saturated rings. The van der Waals surface area contributed by atoms with E-state index in [-0.39, 0.29) is 17.2 Å². The lowest BCUT2D eigenvalue weighted by atomic mass is 9.92. The molecule has 1 aliphatic rings. The molecule has 0 aliphatic heterocycles. The summed E-state index contributed by atoms with van der Waals surface area (Å²) in [5, 5.41) is 17.4. The first kappa shape index (κ1) is 11.7. The van der Waals surface area contributed by atoms with Crippen molar-refractivity contribution >= 4 is 23.4 Å². The maximum Gasteiger partial charge on any atom is 0.320 e. The van der Waals surface area contributed by atoms with Crippen molar-refractivity contribution in [3.8, 4) is 0 Å². The van der Waals surface area contributed by atoms with Crippen LogP contribution in [0.2, 0.25) is 0 Å². The summed E-state index contributed by atoms with van der Waals surface area (Å²) >= 11 is 5.52. The van der Waals surface area contributed by atoms with Crippen molar-refractivity contribution < 1.29 is 19.8 Å². The highest BCUT2D eigenvalue weighted by atomic mass is 35.5. The highest BCUT2D eigenvalue weighted by molar-refractivity contribution is 6.43. The van der Waals surface area contributed by atoms with Crippen LogP contribution in [0.3, 0.4) is 0 Å². The van der Waals surface area contributed by atoms with Crippen molar-refractivity contribution in [2.45, 2.75) is 12.5 Å². The number of aliphatic hydroxyl groups is 1. The van der Waals surface area contributed by atoms with Crippen LogP contribution in [0.1, 0.15) is 6.42 Å². The Morgan fingerprint density at radius 2 is 2.27 bits per heavy atom. The monoisotopic (exact) mass is 231 g/mol. The van der Waals surface area contributed by atoms with Crippen LogP contribution in [0.15, 0.2) is 22.9 Å². The summed E-state index contributed by atoms with van der Waals surface area (Å²) in [5.41, 5.74) is 5.28. The molecule has 0 saturated carbocycles. The van der Waals surface area contributed by atoms with E-state index in [4.69, 9.17) is 27.5 Å². The Hall–Kier alpha value is -1.33. The average molecular weight is 232 g/mol. The van der Waals surface area contributed by atoms with E-state index in [0.29, 0.717) is 0 Å². The highest BCUT2D eigenvalue weighted by Gasteiger charge is 2.28. The van der Waals surface area contributed by atoms with Crippen molar-refractivity contribution in [1.82, 2.24) is 0 Å². The normalized spacial score (nSPS) is 23.1. The summed E-state index contributed by atoms with van der Waals surface area (Å²) < 4.78 is 0. The van der Waals surface area contributed by atoms with Gasteiger partial charge in [0, 0.05) is 5.92 Å². The van der Waals surface area contributed by atoms with E-state index >= 15 is 0 Å². The van der Waals surface area contributed by atoms with Crippen LogP contribution in [-0.4, -0.2) is 28.0 Å². The number of carbonyl (C=O) groups excluding carboxylic acids is 1. The van der Waals surface area contributed by atoms with Gasteiger partial charge in [0.05, 0.1) is 0 Å². The van der Waals surface area contributed by atoms with Gasteiger partial charge in [-0.05, 0) is 12.5 Å². The van der Waals surface area contributed by atoms with Gasteiger partial charge in [-0.3, -0.25) is 9.59 Å². The predicted octanol–water partition coefficient (Wildman–Crippen LogP) is 0.552. The van der Waals surface area contributed by atoms with Crippen LogP contribution < -0.4 is 5.73 Å². The number of rotatable bonds is 3. The van der Waals surface area contributed by atoms with E-state index in [2.05, 4.69) is 0 Å². The third-order valence-corrected chi connectivity index (χ3v) is 2.47. The first-order valence-electron chi connectivity index (χ1n) is 4.23. The number of aliphatic hydroxyl groups excluding tert-OH is 1. The van der Waals surface area contributed by atoms with E-state index < -0.39 is 23.7 Å². The maximum absolute atomic E-state index is 11.4. The number of carboxylic acids is 1. The van der Waals surface area contributed by atoms with E-state index in [1.165, 1.54) is 12.2 Å². The Morgan fingerprint density at radius 1 is 1.67 bits per heavy atom. The summed E-state index contributed by atoms with van der Waals surface area (Å²) in [4.78, 5) is 21.9. The molecule has 1 aliphatic carbocycles. The number of nitrogens with two attached hydrogens (primary N) is 1. The molecule has 2 atom stereocenters. The number of hydrogen-bond acceptors (Lipinski definition) is 4. The molecular weight excluding hydrogens is 222 g/mol. The molecule has 0 saturated heterocycles. The smallest absolute Gasteiger partial charge is 0.320 e. The van der Waals surface area contributed by atoms with Gasteiger partial charge in [-0.1, -0.05) is 17.7 Å². The van der Waals surface area contributed by atoms with Crippen LogP contribution in [0, 0.1) is 5.92 Å². The van der Waals surface area contributed by atoms with Gasteiger partial charge < -0.3 is 15.9 Å². The standard InChI is InChI=1S/C9H10ClNO4/c10-7-6(12)2-1-4(8(7)13)3-5(11)9(14)15/h1-2,4-5,12H,3,11H2,(H,14,15). The van der Waals surface area contributed by atoms with Gasteiger partial charge >= 0.3 is 5.97 Å². The second-order valence-electron chi connectivity index (χ2n) is 3.21. The number of halogens is 1. The zero-order valence-corrected chi connectivity index (χ0v) is 8.44. The molecule has 1 rings (SSSR count). The molecule has 0 aromatic rings. The van der Waals surface area contributed by atoms with E-state index in [1.54, 1.807) is 0 Å². The van der Waals surface area contributed by atoms with E-state index in [0.717, 1.165) is 0 Å². The fourth-order valence-electron chi connectivity index (χ4n) is 1.22. The number of aliphatic carboxylic acids is 1. The first-order chi connectivity index (χ1) is 6.93. The Labute approximate surface area is 90.8 Å². The molecule has 0 amide bonds. The van der Waals surface area contributed by atoms with Crippen LogP contribution in [0.25, 0.3) is 0 Å². The first-order valence-corrected chi connectivity index (χ1v) is 4.60. The topological polar surface area (TPSA) is 101 Å². The zero-order valence-electron chi connectivity index (χ0n) is 7.68. The molecule has 2 unspecified atom stereocenters. The molecule has 0 aromatic carbocycles. The number of allylic oxidation sites excluding steroid dienone is 3. The third kappa shape index (κ3) is 2.57. The Morgan fingerprint density at radius 3 is 2.80 bits per heavy atom. The van der Waals surface area contributed by atoms with Gasteiger partial charge in [-0.25, -0.2) is 0 Å². The molecule has 0 radical (unpaired) electrons. The van der Waals surface area contributed by atoms with E-state index in [9.17, 15) is 9.59 Å². The molecule has 0 heterocycles. The fraction of sp³-hybridized carbons (Fsp3) is 0.333. The summed E-state index contributed by atoms with van der Waals surface area (Å²) in [6.07, 6.45) is 2.63. The van der Waals surface area contributed by atoms with Gasteiger partial charge in [0.15, 0.2) is 5.78 Å². The Kier molecular flexibility index (Phi) is 3.49. The van der Waals surface area contributed by atoms with Crippen LogP contribution in [0.4, 0.5) is 0 Å². The molecule has 82 valence electrons. The number of Topliss-reactive ketones (excluding diaryl/α,β-unsaturated/α-hetero) is 1. The molecule has 6 heteroatoms. The largest absolute Gasteiger partial charge is 0.506 e. The van der Waals surface area contributed by atoms with Gasteiger partial charge in [-0.15, -0.1) is 0 Å². The minimum absolute atomic E-state index is 0.0336. The summed E-state index contributed by atoms with van der Waals surface area (Å²) in [5.74, 6) is -2.67. The third-order valence-electron chi connectivity index (χ3n) is 2.09. The number of ketones is 1. The highest BCUT2D eigenvalue weighted by Crippen LogP contribution is 2.24. The SMILES string of the molecule is NC(CC1C=CC(O)=C(Cl)C1=O)C(=O)O. The maximum atomic E-state index is 11.4. The molecule has 4 N–H and O–H groups in total. The molecular formula is C9H10ClNO4. The molecule has 0 aromatic heterocycles. The van der Waals surface area contributed by atoms with Crippen LogP contribution in [-0.2, 0) is 9.59 Å². The second kappa shape index (κ2) is 4.46. The van der Waals surface area contributed by atoms with Gasteiger partial charge in [0.2, 0.25) is 0 Å². The minimum atomic E-state index is -1.17. The predicted molar refractivity (Wildman–Crippen MR) is 53.4 cm³/mol.